The second-order valence-electron chi connectivity index (χ2n) is 5.27. The molecule has 0 heterocycles. The zero-order valence-electron chi connectivity index (χ0n) is 11.1. The van der Waals surface area contributed by atoms with E-state index >= 15 is 0 Å². The number of nitro groups is 1. The van der Waals surface area contributed by atoms with E-state index in [0.717, 1.165) is 0 Å². The molecule has 2 atom stereocenters. The van der Waals surface area contributed by atoms with Crippen molar-refractivity contribution < 1.29 is 19.5 Å². The van der Waals surface area contributed by atoms with Crippen LogP contribution in [0.4, 0.5) is 5.69 Å². The van der Waals surface area contributed by atoms with Crippen LogP contribution in [0.15, 0.2) is 18.2 Å². The molecule has 6 heteroatoms. The van der Waals surface area contributed by atoms with Gasteiger partial charge in [-0.05, 0) is 6.07 Å². The lowest BCUT2D eigenvalue weighted by molar-refractivity contribution is -0.385. The minimum Gasteiger partial charge on any atom is -0.493 e. The molecule has 1 N–H and O–H groups in total. The van der Waals surface area contributed by atoms with Crippen LogP contribution in [0.2, 0.25) is 0 Å². The maximum Gasteiger partial charge on any atom is 0.273 e. The summed E-state index contributed by atoms with van der Waals surface area (Å²) in [5.74, 6) is 0.782. The van der Waals surface area contributed by atoms with Crippen LogP contribution in [-0.4, -0.2) is 29.3 Å². The molecule has 2 rings (SSSR count). The van der Waals surface area contributed by atoms with E-state index in [1.807, 2.05) is 13.8 Å². The summed E-state index contributed by atoms with van der Waals surface area (Å²) in [5, 5.41) is 20.4. The second kappa shape index (κ2) is 4.70. The number of nitrogens with zero attached hydrogens (tertiary/aromatic N) is 1. The Hall–Kier alpha value is -1.82. The van der Waals surface area contributed by atoms with Crippen molar-refractivity contribution in [3.8, 4) is 11.5 Å². The number of rotatable bonds is 4. The quantitative estimate of drug-likeness (QED) is 0.667. The van der Waals surface area contributed by atoms with Crippen molar-refractivity contribution >= 4 is 5.69 Å². The van der Waals surface area contributed by atoms with Crippen LogP contribution >= 0.6 is 0 Å². The molecule has 2 unspecified atom stereocenters. The number of ether oxygens (including phenoxy) is 2. The highest BCUT2D eigenvalue weighted by Gasteiger charge is 2.49. The van der Waals surface area contributed by atoms with Gasteiger partial charge in [0.15, 0.2) is 11.5 Å². The van der Waals surface area contributed by atoms with Gasteiger partial charge in [0.1, 0.15) is 6.10 Å². The summed E-state index contributed by atoms with van der Waals surface area (Å²) < 4.78 is 10.9. The van der Waals surface area contributed by atoms with Crippen LogP contribution in [0, 0.1) is 15.5 Å². The molecule has 6 nitrogen and oxygen atoms in total. The maximum absolute atomic E-state index is 10.7. The molecule has 0 bridgehead atoms. The molecule has 0 amide bonds. The summed E-state index contributed by atoms with van der Waals surface area (Å²) >= 11 is 0. The van der Waals surface area contributed by atoms with E-state index in [-0.39, 0.29) is 23.3 Å². The van der Waals surface area contributed by atoms with Crippen molar-refractivity contribution in [2.45, 2.75) is 32.5 Å². The average molecular weight is 267 g/mol. The van der Waals surface area contributed by atoms with Crippen molar-refractivity contribution in [3.05, 3.63) is 28.3 Å². The Bertz CT molecular complexity index is 500. The fraction of sp³-hybridized carbons (Fsp3) is 0.538. The molecular formula is C13H17NO5. The fourth-order valence-corrected chi connectivity index (χ4v) is 2.08. The fourth-order valence-electron chi connectivity index (χ4n) is 2.08. The van der Waals surface area contributed by atoms with E-state index in [9.17, 15) is 15.2 Å². The molecule has 0 aliphatic heterocycles. The Balaban J connectivity index is 2.19. The highest BCUT2D eigenvalue weighted by atomic mass is 16.6. The maximum atomic E-state index is 10.7. The van der Waals surface area contributed by atoms with E-state index in [0.29, 0.717) is 17.9 Å². The number of hydrogen-bond acceptors (Lipinski definition) is 5. The van der Waals surface area contributed by atoms with Crippen LogP contribution in [0.3, 0.4) is 0 Å². The Kier molecular flexibility index (Phi) is 3.36. The summed E-state index contributed by atoms with van der Waals surface area (Å²) in [6, 6.07) is 4.23. The average Bonchev–Trinajstić information content (AvgIpc) is 2.38. The predicted octanol–water partition coefficient (Wildman–Crippen LogP) is 2.14. The number of aliphatic hydroxyl groups excluding tert-OH is 1. The Morgan fingerprint density at radius 3 is 2.58 bits per heavy atom. The molecule has 0 radical (unpaired) electrons. The van der Waals surface area contributed by atoms with Gasteiger partial charge in [-0.15, -0.1) is 0 Å². The van der Waals surface area contributed by atoms with Crippen LogP contribution in [0.1, 0.15) is 20.3 Å². The van der Waals surface area contributed by atoms with E-state index in [2.05, 4.69) is 0 Å². The normalized spacial score (nSPS) is 24.4. The lowest BCUT2D eigenvalue weighted by atomic mass is 9.66. The Morgan fingerprint density at radius 1 is 1.42 bits per heavy atom. The molecular weight excluding hydrogens is 250 g/mol. The third-order valence-corrected chi connectivity index (χ3v) is 3.75. The molecule has 1 aliphatic carbocycles. The Morgan fingerprint density at radius 2 is 2.11 bits per heavy atom. The standard InChI is InChI=1S/C13H17NO5/c1-13(2)11(15)7-12(13)19-9-5-4-8(14(16)17)6-10(9)18-3/h4-6,11-12,15H,7H2,1-3H3. The largest absolute Gasteiger partial charge is 0.493 e. The smallest absolute Gasteiger partial charge is 0.273 e. The summed E-state index contributed by atoms with van der Waals surface area (Å²) in [4.78, 5) is 10.2. The SMILES string of the molecule is COc1cc([N+](=O)[O-])ccc1OC1CC(O)C1(C)C. The molecule has 1 aromatic rings. The van der Waals surface area contributed by atoms with Crippen molar-refractivity contribution in [2.75, 3.05) is 7.11 Å². The van der Waals surface area contributed by atoms with Crippen LogP contribution < -0.4 is 9.47 Å². The first-order chi connectivity index (χ1) is 8.86. The van der Waals surface area contributed by atoms with Crippen molar-refractivity contribution in [2.24, 2.45) is 5.41 Å². The number of benzene rings is 1. The number of hydrogen-bond donors (Lipinski definition) is 1. The molecule has 0 aromatic heterocycles. The highest BCUT2D eigenvalue weighted by molar-refractivity contribution is 5.48. The molecule has 1 fully saturated rings. The summed E-state index contributed by atoms with van der Waals surface area (Å²) in [6.07, 6.45) is 0.0343. The number of nitro benzene ring substituents is 1. The first-order valence-corrected chi connectivity index (χ1v) is 6.03. The van der Waals surface area contributed by atoms with E-state index < -0.39 is 4.92 Å². The van der Waals surface area contributed by atoms with Gasteiger partial charge in [-0.25, -0.2) is 0 Å². The lowest BCUT2D eigenvalue weighted by Crippen LogP contribution is -2.56. The molecule has 1 aromatic carbocycles. The molecule has 0 saturated heterocycles. The topological polar surface area (TPSA) is 81.8 Å². The second-order valence-corrected chi connectivity index (χ2v) is 5.27. The van der Waals surface area contributed by atoms with Crippen molar-refractivity contribution in [1.82, 2.24) is 0 Å². The van der Waals surface area contributed by atoms with Gasteiger partial charge in [0, 0.05) is 17.9 Å². The Labute approximate surface area is 111 Å². The molecule has 1 aliphatic rings. The minimum atomic E-state index is -0.483. The van der Waals surface area contributed by atoms with E-state index in [1.54, 1.807) is 0 Å². The zero-order chi connectivity index (χ0) is 14.2. The van der Waals surface area contributed by atoms with Crippen LogP contribution in [0.25, 0.3) is 0 Å². The number of methoxy groups -OCH3 is 1. The van der Waals surface area contributed by atoms with Gasteiger partial charge < -0.3 is 14.6 Å². The monoisotopic (exact) mass is 267 g/mol. The molecule has 0 spiro atoms. The molecule has 104 valence electrons. The van der Waals surface area contributed by atoms with Gasteiger partial charge in [0.25, 0.3) is 5.69 Å². The van der Waals surface area contributed by atoms with Crippen LogP contribution in [0.5, 0.6) is 11.5 Å². The third kappa shape index (κ3) is 2.35. The van der Waals surface area contributed by atoms with Gasteiger partial charge in [-0.1, -0.05) is 13.8 Å². The predicted molar refractivity (Wildman–Crippen MR) is 68.5 cm³/mol. The zero-order valence-corrected chi connectivity index (χ0v) is 11.1. The van der Waals surface area contributed by atoms with Crippen molar-refractivity contribution in [1.29, 1.82) is 0 Å². The minimum absolute atomic E-state index is 0.0443. The van der Waals surface area contributed by atoms with Gasteiger partial charge in [0.05, 0.1) is 24.2 Å². The summed E-state index contributed by atoms with van der Waals surface area (Å²) in [5.41, 5.74) is -0.371. The first kappa shape index (κ1) is 13.6. The van der Waals surface area contributed by atoms with Crippen molar-refractivity contribution in [3.63, 3.8) is 0 Å². The highest BCUT2D eigenvalue weighted by Crippen LogP contribution is 2.44. The number of non-ortho nitro benzene ring substituents is 1. The van der Waals surface area contributed by atoms with Gasteiger partial charge in [-0.3, -0.25) is 10.1 Å². The first-order valence-electron chi connectivity index (χ1n) is 6.03. The third-order valence-electron chi connectivity index (χ3n) is 3.75. The summed E-state index contributed by atoms with van der Waals surface area (Å²) in [7, 11) is 1.44. The lowest BCUT2D eigenvalue weighted by Gasteiger charge is -2.48. The number of aliphatic hydroxyl groups is 1. The molecule has 19 heavy (non-hydrogen) atoms. The summed E-state index contributed by atoms with van der Waals surface area (Å²) in [6.45, 7) is 3.84. The van der Waals surface area contributed by atoms with Gasteiger partial charge in [0.2, 0.25) is 0 Å². The molecule has 1 saturated carbocycles. The van der Waals surface area contributed by atoms with Crippen LogP contribution in [-0.2, 0) is 0 Å². The van der Waals surface area contributed by atoms with E-state index in [1.165, 1.54) is 25.3 Å². The van der Waals surface area contributed by atoms with Gasteiger partial charge in [-0.2, -0.15) is 0 Å². The van der Waals surface area contributed by atoms with E-state index in [4.69, 9.17) is 9.47 Å². The van der Waals surface area contributed by atoms with Gasteiger partial charge >= 0.3 is 0 Å².